The van der Waals surface area contributed by atoms with Gasteiger partial charge in [-0.2, -0.15) is 0 Å². The van der Waals surface area contributed by atoms with Crippen molar-refractivity contribution in [2.45, 2.75) is 19.9 Å². The van der Waals surface area contributed by atoms with Gasteiger partial charge >= 0.3 is 5.97 Å². The average molecular weight is 251 g/mol. The lowest BCUT2D eigenvalue weighted by Crippen LogP contribution is -2.41. The van der Waals surface area contributed by atoms with E-state index < -0.39 is 5.97 Å². The number of phenolic OH excluding ortho intramolecular Hbond substituents is 1. The van der Waals surface area contributed by atoms with Crippen LogP contribution in [0, 0.1) is 0 Å². The van der Waals surface area contributed by atoms with E-state index in [9.17, 15) is 14.7 Å². The van der Waals surface area contributed by atoms with E-state index in [0.717, 1.165) is 0 Å². The Labute approximate surface area is 106 Å². The Balaban J connectivity index is 2.89. The number of benzene rings is 1. The van der Waals surface area contributed by atoms with Gasteiger partial charge < -0.3 is 14.7 Å². The lowest BCUT2D eigenvalue weighted by molar-refractivity contribution is -0.141. The second kappa shape index (κ2) is 6.05. The molecule has 1 rings (SSSR count). The van der Waals surface area contributed by atoms with Crippen LogP contribution in [0.4, 0.5) is 0 Å². The van der Waals surface area contributed by atoms with Crippen molar-refractivity contribution in [2.75, 3.05) is 13.7 Å². The molecule has 0 aromatic heterocycles. The van der Waals surface area contributed by atoms with Crippen molar-refractivity contribution in [3.8, 4) is 5.75 Å². The zero-order valence-corrected chi connectivity index (χ0v) is 10.7. The average Bonchev–Trinajstić information content (AvgIpc) is 2.35. The molecule has 0 aliphatic rings. The van der Waals surface area contributed by atoms with Crippen molar-refractivity contribution in [3.05, 3.63) is 29.8 Å². The highest BCUT2D eigenvalue weighted by Crippen LogP contribution is 2.13. The molecule has 0 heterocycles. The van der Waals surface area contributed by atoms with Crippen LogP contribution >= 0.6 is 0 Å². The molecule has 1 N–H and O–H groups in total. The Morgan fingerprint density at radius 2 is 1.83 bits per heavy atom. The third-order valence-electron chi connectivity index (χ3n) is 2.53. The molecule has 0 spiro atoms. The van der Waals surface area contributed by atoms with Crippen LogP contribution in [-0.2, 0) is 9.53 Å². The van der Waals surface area contributed by atoms with Crippen molar-refractivity contribution in [3.63, 3.8) is 0 Å². The Morgan fingerprint density at radius 1 is 1.28 bits per heavy atom. The normalized spacial score (nSPS) is 10.2. The highest BCUT2D eigenvalue weighted by atomic mass is 16.5. The summed E-state index contributed by atoms with van der Waals surface area (Å²) < 4.78 is 4.56. The monoisotopic (exact) mass is 251 g/mol. The summed E-state index contributed by atoms with van der Waals surface area (Å²) in [7, 11) is 1.28. The number of hydrogen-bond donors (Lipinski definition) is 1. The van der Waals surface area contributed by atoms with E-state index in [0.29, 0.717) is 5.56 Å². The first kappa shape index (κ1) is 14.0. The van der Waals surface area contributed by atoms with Crippen LogP contribution in [0.25, 0.3) is 0 Å². The SMILES string of the molecule is COC(=O)CN(C(=O)c1ccc(O)cc1)C(C)C. The number of esters is 1. The van der Waals surface area contributed by atoms with Gasteiger partial charge in [-0.3, -0.25) is 9.59 Å². The fourth-order valence-electron chi connectivity index (χ4n) is 1.46. The molecule has 1 amide bonds. The number of rotatable bonds is 4. The summed E-state index contributed by atoms with van der Waals surface area (Å²) in [6, 6.07) is 5.79. The van der Waals surface area contributed by atoms with Crippen molar-refractivity contribution in [1.29, 1.82) is 0 Å². The standard InChI is InChI=1S/C13H17NO4/c1-9(2)14(8-12(16)18-3)13(17)10-4-6-11(15)7-5-10/h4-7,9,15H,8H2,1-3H3. The summed E-state index contributed by atoms with van der Waals surface area (Å²) in [6.07, 6.45) is 0. The van der Waals surface area contributed by atoms with Gasteiger partial charge in [0.25, 0.3) is 5.91 Å². The summed E-state index contributed by atoms with van der Waals surface area (Å²) in [4.78, 5) is 24.9. The molecule has 98 valence electrons. The predicted molar refractivity (Wildman–Crippen MR) is 66.3 cm³/mol. The van der Waals surface area contributed by atoms with E-state index in [2.05, 4.69) is 4.74 Å². The molecular weight excluding hydrogens is 234 g/mol. The lowest BCUT2D eigenvalue weighted by atomic mass is 10.1. The van der Waals surface area contributed by atoms with E-state index >= 15 is 0 Å². The molecular formula is C13H17NO4. The third kappa shape index (κ3) is 3.48. The van der Waals surface area contributed by atoms with Gasteiger partial charge in [0, 0.05) is 11.6 Å². The maximum atomic E-state index is 12.2. The van der Waals surface area contributed by atoms with E-state index in [1.165, 1.54) is 36.3 Å². The Kier molecular flexibility index (Phi) is 4.71. The second-order valence-electron chi connectivity index (χ2n) is 4.15. The summed E-state index contributed by atoms with van der Waals surface area (Å²) in [5.74, 6) is -0.637. The fraction of sp³-hybridized carbons (Fsp3) is 0.385. The van der Waals surface area contributed by atoms with Crippen molar-refractivity contribution in [2.24, 2.45) is 0 Å². The second-order valence-corrected chi connectivity index (χ2v) is 4.15. The van der Waals surface area contributed by atoms with Crippen molar-refractivity contribution < 1.29 is 19.4 Å². The van der Waals surface area contributed by atoms with E-state index in [-0.39, 0.29) is 24.2 Å². The minimum atomic E-state index is -0.462. The Morgan fingerprint density at radius 3 is 2.28 bits per heavy atom. The Hall–Kier alpha value is -2.04. The molecule has 0 radical (unpaired) electrons. The molecule has 0 unspecified atom stereocenters. The summed E-state index contributed by atoms with van der Waals surface area (Å²) in [5.41, 5.74) is 0.422. The molecule has 0 atom stereocenters. The number of aromatic hydroxyl groups is 1. The molecule has 5 heteroatoms. The molecule has 0 fully saturated rings. The van der Waals surface area contributed by atoms with E-state index in [1.54, 1.807) is 0 Å². The molecule has 0 saturated carbocycles. The maximum Gasteiger partial charge on any atom is 0.325 e. The first-order valence-electron chi connectivity index (χ1n) is 5.62. The first-order valence-corrected chi connectivity index (χ1v) is 5.62. The number of carbonyl (C=O) groups excluding carboxylic acids is 2. The smallest absolute Gasteiger partial charge is 0.325 e. The number of amides is 1. The molecule has 18 heavy (non-hydrogen) atoms. The van der Waals surface area contributed by atoms with Crippen molar-refractivity contribution >= 4 is 11.9 Å². The molecule has 0 saturated heterocycles. The van der Waals surface area contributed by atoms with Crippen molar-refractivity contribution in [1.82, 2.24) is 4.90 Å². The van der Waals surface area contributed by atoms with Gasteiger partial charge in [-0.25, -0.2) is 0 Å². The van der Waals surface area contributed by atoms with Crippen LogP contribution in [0.3, 0.4) is 0 Å². The summed E-state index contributed by atoms with van der Waals surface area (Å²) in [5, 5.41) is 9.17. The number of carbonyl (C=O) groups is 2. The van der Waals surface area contributed by atoms with Gasteiger partial charge in [-0.05, 0) is 38.1 Å². The van der Waals surface area contributed by atoms with Crippen LogP contribution < -0.4 is 0 Å². The molecule has 1 aromatic rings. The summed E-state index contributed by atoms with van der Waals surface area (Å²) in [6.45, 7) is 3.55. The largest absolute Gasteiger partial charge is 0.508 e. The number of hydrogen-bond acceptors (Lipinski definition) is 4. The van der Waals surface area contributed by atoms with E-state index in [4.69, 9.17) is 0 Å². The highest BCUT2D eigenvalue weighted by molar-refractivity contribution is 5.96. The number of methoxy groups -OCH3 is 1. The predicted octanol–water partition coefficient (Wildman–Crippen LogP) is 1.42. The summed E-state index contributed by atoms with van der Waals surface area (Å²) >= 11 is 0. The minimum Gasteiger partial charge on any atom is -0.508 e. The lowest BCUT2D eigenvalue weighted by Gasteiger charge is -2.25. The van der Waals surface area contributed by atoms with Gasteiger partial charge in [0.1, 0.15) is 12.3 Å². The topological polar surface area (TPSA) is 66.8 Å². The Bertz CT molecular complexity index is 425. The fourth-order valence-corrected chi connectivity index (χ4v) is 1.46. The number of ether oxygens (including phenoxy) is 1. The quantitative estimate of drug-likeness (QED) is 0.822. The van der Waals surface area contributed by atoms with Crippen LogP contribution in [-0.4, -0.2) is 41.6 Å². The van der Waals surface area contributed by atoms with Gasteiger partial charge in [-0.15, -0.1) is 0 Å². The molecule has 1 aromatic carbocycles. The van der Waals surface area contributed by atoms with Gasteiger partial charge in [0.2, 0.25) is 0 Å². The molecule has 0 aliphatic heterocycles. The first-order chi connectivity index (χ1) is 8.45. The highest BCUT2D eigenvalue weighted by Gasteiger charge is 2.21. The number of phenols is 1. The van der Waals surface area contributed by atoms with Crippen LogP contribution in [0.1, 0.15) is 24.2 Å². The third-order valence-corrected chi connectivity index (χ3v) is 2.53. The van der Waals surface area contributed by atoms with Gasteiger partial charge in [0.05, 0.1) is 7.11 Å². The zero-order chi connectivity index (χ0) is 13.7. The molecule has 0 bridgehead atoms. The molecule has 5 nitrogen and oxygen atoms in total. The van der Waals surface area contributed by atoms with Gasteiger partial charge in [0.15, 0.2) is 0 Å². The van der Waals surface area contributed by atoms with Gasteiger partial charge in [-0.1, -0.05) is 0 Å². The maximum absolute atomic E-state index is 12.2. The zero-order valence-electron chi connectivity index (χ0n) is 10.7. The number of nitrogens with zero attached hydrogens (tertiary/aromatic N) is 1. The van der Waals surface area contributed by atoms with Crippen LogP contribution in [0.15, 0.2) is 24.3 Å². The molecule has 0 aliphatic carbocycles. The minimum absolute atomic E-state index is 0.0894. The van der Waals surface area contributed by atoms with Crippen LogP contribution in [0.2, 0.25) is 0 Å². The van der Waals surface area contributed by atoms with E-state index in [1.807, 2.05) is 13.8 Å². The van der Waals surface area contributed by atoms with Crippen LogP contribution in [0.5, 0.6) is 5.75 Å².